The molecular formula is C19H23O4PS. The van der Waals surface area contributed by atoms with Crippen molar-refractivity contribution in [1.82, 2.24) is 0 Å². The summed E-state index contributed by atoms with van der Waals surface area (Å²) in [6.07, 6.45) is 0. The second-order valence-corrected chi connectivity index (χ2v) is 8.38. The van der Waals surface area contributed by atoms with Gasteiger partial charge in [-0.3, -0.25) is 9.36 Å². The van der Waals surface area contributed by atoms with Crippen LogP contribution < -0.4 is 5.30 Å². The zero-order chi connectivity index (χ0) is 18.4. The van der Waals surface area contributed by atoms with Gasteiger partial charge >= 0.3 is 7.37 Å². The predicted molar refractivity (Wildman–Crippen MR) is 104 cm³/mol. The SMILES string of the molecule is COCCOP(=O)(C(=O)c1c(C)cc(CS)cc1C)c1ccccc1. The zero-order valence-electron chi connectivity index (χ0n) is 14.7. The maximum absolute atomic E-state index is 13.6. The molecule has 0 saturated carbocycles. The Balaban J connectivity index is 2.51. The molecule has 0 aliphatic carbocycles. The van der Waals surface area contributed by atoms with Gasteiger partial charge in [0.1, 0.15) is 0 Å². The van der Waals surface area contributed by atoms with Gasteiger partial charge in [-0.2, -0.15) is 12.6 Å². The first-order valence-corrected chi connectivity index (χ1v) is 10.2. The lowest BCUT2D eigenvalue weighted by molar-refractivity contribution is 0.103. The van der Waals surface area contributed by atoms with Crippen molar-refractivity contribution in [2.24, 2.45) is 0 Å². The Labute approximate surface area is 154 Å². The van der Waals surface area contributed by atoms with E-state index in [-0.39, 0.29) is 13.2 Å². The van der Waals surface area contributed by atoms with E-state index < -0.39 is 12.9 Å². The quantitative estimate of drug-likeness (QED) is 0.426. The molecule has 0 spiro atoms. The Morgan fingerprint density at radius 3 is 2.20 bits per heavy atom. The molecule has 25 heavy (non-hydrogen) atoms. The molecule has 0 heterocycles. The number of benzene rings is 2. The number of methoxy groups -OCH3 is 1. The molecule has 2 aromatic rings. The van der Waals surface area contributed by atoms with Gasteiger partial charge in [0, 0.05) is 23.7 Å². The van der Waals surface area contributed by atoms with Crippen LogP contribution >= 0.6 is 20.0 Å². The first-order valence-electron chi connectivity index (χ1n) is 7.99. The van der Waals surface area contributed by atoms with Gasteiger partial charge in [0.05, 0.1) is 13.2 Å². The highest BCUT2D eigenvalue weighted by Gasteiger charge is 2.37. The summed E-state index contributed by atoms with van der Waals surface area (Å²) in [5.41, 5.74) is 2.55. The number of hydrogen-bond donors (Lipinski definition) is 1. The number of ether oxygens (including phenoxy) is 1. The third-order valence-corrected chi connectivity index (χ3v) is 6.56. The van der Waals surface area contributed by atoms with E-state index in [1.54, 1.807) is 24.3 Å². The normalized spacial score (nSPS) is 13.4. The minimum Gasteiger partial charge on any atom is -0.382 e. The lowest BCUT2D eigenvalue weighted by atomic mass is 10.0. The number of thiol groups is 1. The number of carbonyl (C=O) groups is 1. The van der Waals surface area contributed by atoms with Crippen LogP contribution in [0.1, 0.15) is 27.0 Å². The second-order valence-electron chi connectivity index (χ2n) is 5.78. The average Bonchev–Trinajstić information content (AvgIpc) is 2.61. The van der Waals surface area contributed by atoms with Crippen molar-refractivity contribution >= 4 is 30.8 Å². The van der Waals surface area contributed by atoms with Gasteiger partial charge in [0.2, 0.25) is 0 Å². The molecule has 2 rings (SSSR count). The van der Waals surface area contributed by atoms with Gasteiger partial charge in [0.15, 0.2) is 0 Å². The highest BCUT2D eigenvalue weighted by Crippen LogP contribution is 2.50. The summed E-state index contributed by atoms with van der Waals surface area (Å²) < 4.78 is 24.2. The molecule has 0 aromatic heterocycles. The molecule has 2 aromatic carbocycles. The summed E-state index contributed by atoms with van der Waals surface area (Å²) in [5, 5.41) is 0.396. The van der Waals surface area contributed by atoms with Crippen molar-refractivity contribution in [1.29, 1.82) is 0 Å². The highest BCUT2D eigenvalue weighted by atomic mass is 32.1. The Kier molecular flexibility index (Phi) is 7.03. The number of rotatable bonds is 8. The Morgan fingerprint density at radius 1 is 1.08 bits per heavy atom. The van der Waals surface area contributed by atoms with Crippen molar-refractivity contribution in [3.63, 3.8) is 0 Å². The van der Waals surface area contributed by atoms with Crippen LogP contribution in [0.2, 0.25) is 0 Å². The minimum absolute atomic E-state index is 0.0846. The molecule has 0 saturated heterocycles. The lowest BCUT2D eigenvalue weighted by Gasteiger charge is -2.20. The highest BCUT2D eigenvalue weighted by molar-refractivity contribution is 7.83. The fourth-order valence-electron chi connectivity index (χ4n) is 2.75. The molecule has 0 bridgehead atoms. The van der Waals surface area contributed by atoms with Crippen molar-refractivity contribution in [2.45, 2.75) is 19.6 Å². The van der Waals surface area contributed by atoms with E-state index in [9.17, 15) is 9.36 Å². The van der Waals surface area contributed by atoms with Crippen molar-refractivity contribution in [3.8, 4) is 0 Å². The van der Waals surface area contributed by atoms with Crippen molar-refractivity contribution in [3.05, 3.63) is 64.7 Å². The van der Waals surface area contributed by atoms with Gasteiger partial charge in [0.25, 0.3) is 5.52 Å². The summed E-state index contributed by atoms with van der Waals surface area (Å²) in [7, 11) is -2.20. The first-order chi connectivity index (χ1) is 11.9. The molecule has 6 heteroatoms. The summed E-state index contributed by atoms with van der Waals surface area (Å²) in [6, 6.07) is 12.4. The van der Waals surface area contributed by atoms with E-state index in [1.165, 1.54) is 7.11 Å². The fraction of sp³-hybridized carbons (Fsp3) is 0.316. The zero-order valence-corrected chi connectivity index (χ0v) is 16.5. The summed E-state index contributed by atoms with van der Waals surface area (Å²) in [4.78, 5) is 13.3. The molecule has 1 atom stereocenters. The molecule has 0 aliphatic rings. The Morgan fingerprint density at radius 2 is 1.68 bits per heavy atom. The maximum Gasteiger partial charge on any atom is 0.300 e. The van der Waals surface area contributed by atoms with Crippen LogP contribution in [0, 0.1) is 13.8 Å². The Hall–Kier alpha value is -1.39. The summed E-state index contributed by atoms with van der Waals surface area (Å²) >= 11 is 4.28. The molecule has 0 fully saturated rings. The summed E-state index contributed by atoms with van der Waals surface area (Å²) in [5.74, 6) is 0.580. The molecule has 1 unspecified atom stereocenters. The van der Waals surface area contributed by atoms with Crippen molar-refractivity contribution < 1.29 is 18.6 Å². The molecule has 134 valence electrons. The monoisotopic (exact) mass is 378 g/mol. The van der Waals surface area contributed by atoms with Crippen LogP contribution in [0.4, 0.5) is 0 Å². The van der Waals surface area contributed by atoms with Crippen LogP contribution in [0.15, 0.2) is 42.5 Å². The van der Waals surface area contributed by atoms with E-state index in [4.69, 9.17) is 9.26 Å². The molecular weight excluding hydrogens is 355 g/mol. The molecule has 0 radical (unpaired) electrons. The largest absolute Gasteiger partial charge is 0.382 e. The number of aryl methyl sites for hydroxylation is 2. The second kappa shape index (κ2) is 8.81. The van der Waals surface area contributed by atoms with Crippen molar-refractivity contribution in [2.75, 3.05) is 20.3 Å². The van der Waals surface area contributed by atoms with Gasteiger partial charge in [-0.25, -0.2) is 0 Å². The topological polar surface area (TPSA) is 52.6 Å². The van der Waals surface area contributed by atoms with Crippen LogP contribution in [0.5, 0.6) is 0 Å². The van der Waals surface area contributed by atoms with Crippen LogP contribution in [-0.2, 0) is 19.6 Å². The standard InChI is InChI=1S/C19H23O4PS/c1-14-11-16(13-25)12-15(2)18(14)19(20)24(21,23-10-9-22-3)17-7-5-4-6-8-17/h4-8,11-12,25H,9-10,13H2,1-3H3. The minimum atomic E-state index is -3.73. The molecule has 0 amide bonds. The van der Waals surface area contributed by atoms with Crippen LogP contribution in [0.25, 0.3) is 0 Å². The third-order valence-electron chi connectivity index (χ3n) is 3.91. The average molecular weight is 378 g/mol. The third kappa shape index (κ3) is 4.42. The molecule has 0 aliphatic heterocycles. The number of carbonyl (C=O) groups excluding carboxylic acids is 1. The lowest BCUT2D eigenvalue weighted by Crippen LogP contribution is -2.19. The summed E-state index contributed by atoms with van der Waals surface area (Å²) in [6.45, 7) is 4.04. The number of hydrogen-bond acceptors (Lipinski definition) is 5. The fourth-order valence-corrected chi connectivity index (χ4v) is 4.98. The Bertz CT molecular complexity index is 766. The predicted octanol–water partition coefficient (Wildman–Crippen LogP) is 4.14. The smallest absolute Gasteiger partial charge is 0.300 e. The van der Waals surface area contributed by atoms with Gasteiger partial charge in [-0.15, -0.1) is 0 Å². The van der Waals surface area contributed by atoms with E-state index in [1.807, 2.05) is 32.0 Å². The van der Waals surface area contributed by atoms with E-state index in [0.717, 1.165) is 16.7 Å². The maximum atomic E-state index is 13.6. The van der Waals surface area contributed by atoms with Crippen LogP contribution in [0.3, 0.4) is 0 Å². The van der Waals surface area contributed by atoms with E-state index in [0.29, 0.717) is 16.6 Å². The van der Waals surface area contributed by atoms with E-state index in [2.05, 4.69) is 12.6 Å². The first kappa shape index (κ1) is 19.9. The van der Waals surface area contributed by atoms with Gasteiger partial charge < -0.3 is 9.26 Å². The molecule has 4 nitrogen and oxygen atoms in total. The van der Waals surface area contributed by atoms with Gasteiger partial charge in [-0.05, 0) is 42.7 Å². The molecule has 0 N–H and O–H groups in total. The van der Waals surface area contributed by atoms with E-state index >= 15 is 0 Å². The van der Waals surface area contributed by atoms with Crippen LogP contribution in [-0.4, -0.2) is 25.8 Å². The van der Waals surface area contributed by atoms with Gasteiger partial charge in [-0.1, -0.05) is 30.3 Å².